The molecular weight excluding hydrogens is 340 g/mol. The van der Waals surface area contributed by atoms with Gasteiger partial charge in [0.05, 0.1) is 0 Å². The van der Waals surface area contributed by atoms with Crippen LogP contribution in [0.4, 0.5) is 5.69 Å². The Morgan fingerprint density at radius 3 is 2.60 bits per heavy atom. The first kappa shape index (κ1) is 13.1. The maximum atomic E-state index is 11.9. The smallest absolute Gasteiger partial charge is 0.291 e. The van der Waals surface area contributed by atoms with Gasteiger partial charge in [0.2, 0.25) is 0 Å². The van der Waals surface area contributed by atoms with Gasteiger partial charge in [-0.15, -0.1) is 11.3 Å². The molecule has 20 heavy (non-hydrogen) atoms. The van der Waals surface area contributed by atoms with Gasteiger partial charge >= 0.3 is 0 Å². The van der Waals surface area contributed by atoms with Crippen molar-refractivity contribution in [2.24, 2.45) is 0 Å². The number of hydrogen-bond donors (Lipinski definition) is 1. The Hall–Kier alpha value is -1.92. The second kappa shape index (κ2) is 5.60. The number of benzene rings is 1. The standard InChI is InChI=1S/C14H9BrN2O2S/c15-12-6-5-11(19-12)13(18)17-10-3-1-9(2-4-10)14-16-7-8-20-14/h1-8H,(H,17,18). The molecule has 100 valence electrons. The van der Waals surface area contributed by atoms with E-state index in [1.165, 1.54) is 0 Å². The predicted octanol–water partition coefficient (Wildman–Crippen LogP) is 4.42. The van der Waals surface area contributed by atoms with E-state index in [1.54, 1.807) is 29.7 Å². The minimum absolute atomic E-state index is 0.265. The molecule has 1 aromatic carbocycles. The second-order valence-electron chi connectivity index (χ2n) is 3.97. The van der Waals surface area contributed by atoms with Crippen molar-refractivity contribution in [3.8, 4) is 10.6 Å². The first-order valence-electron chi connectivity index (χ1n) is 5.79. The number of thiazole rings is 1. The van der Waals surface area contributed by atoms with Crippen molar-refractivity contribution in [3.63, 3.8) is 0 Å². The quantitative estimate of drug-likeness (QED) is 0.762. The zero-order valence-electron chi connectivity index (χ0n) is 10.2. The van der Waals surface area contributed by atoms with Crippen LogP contribution in [0.5, 0.6) is 0 Å². The number of halogens is 1. The number of rotatable bonds is 3. The molecule has 1 amide bonds. The fourth-order valence-electron chi connectivity index (χ4n) is 1.69. The Kier molecular flexibility index (Phi) is 3.66. The maximum Gasteiger partial charge on any atom is 0.291 e. The minimum atomic E-state index is -0.280. The van der Waals surface area contributed by atoms with Gasteiger partial charge in [0.1, 0.15) is 5.01 Å². The zero-order chi connectivity index (χ0) is 13.9. The summed E-state index contributed by atoms with van der Waals surface area (Å²) < 4.78 is 5.73. The molecule has 4 nitrogen and oxygen atoms in total. The van der Waals surface area contributed by atoms with Gasteiger partial charge in [-0.2, -0.15) is 0 Å². The van der Waals surface area contributed by atoms with Crippen molar-refractivity contribution in [1.82, 2.24) is 4.98 Å². The number of aromatic nitrogens is 1. The minimum Gasteiger partial charge on any atom is -0.444 e. The van der Waals surface area contributed by atoms with E-state index in [-0.39, 0.29) is 11.7 Å². The van der Waals surface area contributed by atoms with Crippen LogP contribution in [-0.2, 0) is 0 Å². The van der Waals surface area contributed by atoms with E-state index >= 15 is 0 Å². The molecule has 0 saturated carbocycles. The number of carbonyl (C=O) groups excluding carboxylic acids is 1. The van der Waals surface area contributed by atoms with Gasteiger partial charge in [0.15, 0.2) is 10.4 Å². The van der Waals surface area contributed by atoms with Crippen molar-refractivity contribution in [2.45, 2.75) is 0 Å². The van der Waals surface area contributed by atoms with Gasteiger partial charge in [-0.3, -0.25) is 4.79 Å². The lowest BCUT2D eigenvalue weighted by Gasteiger charge is -2.04. The van der Waals surface area contributed by atoms with Gasteiger partial charge in [0, 0.05) is 22.8 Å². The summed E-state index contributed by atoms with van der Waals surface area (Å²) in [7, 11) is 0. The van der Waals surface area contributed by atoms with Crippen LogP contribution < -0.4 is 5.32 Å². The van der Waals surface area contributed by atoms with Crippen molar-refractivity contribution in [3.05, 3.63) is 58.4 Å². The van der Waals surface area contributed by atoms with E-state index in [0.29, 0.717) is 10.4 Å². The van der Waals surface area contributed by atoms with E-state index in [9.17, 15) is 4.79 Å². The molecule has 0 atom stereocenters. The number of furan rings is 1. The molecule has 0 saturated heterocycles. The first-order chi connectivity index (χ1) is 9.72. The van der Waals surface area contributed by atoms with Gasteiger partial charge in [0.25, 0.3) is 5.91 Å². The van der Waals surface area contributed by atoms with E-state index in [0.717, 1.165) is 10.6 Å². The van der Waals surface area contributed by atoms with Crippen LogP contribution >= 0.6 is 27.3 Å². The summed E-state index contributed by atoms with van der Waals surface area (Å²) in [6, 6.07) is 10.8. The first-order valence-corrected chi connectivity index (χ1v) is 7.46. The molecule has 0 aliphatic heterocycles. The molecule has 0 aliphatic rings. The third kappa shape index (κ3) is 2.81. The Bertz CT molecular complexity index is 720. The van der Waals surface area contributed by atoms with Crippen LogP contribution in [0, 0.1) is 0 Å². The summed E-state index contributed by atoms with van der Waals surface area (Å²) in [5, 5.41) is 5.66. The third-order valence-electron chi connectivity index (χ3n) is 2.62. The molecule has 0 spiro atoms. The van der Waals surface area contributed by atoms with Crippen molar-refractivity contribution >= 4 is 38.9 Å². The number of carbonyl (C=O) groups is 1. The maximum absolute atomic E-state index is 11.9. The van der Waals surface area contributed by atoms with E-state index < -0.39 is 0 Å². The monoisotopic (exact) mass is 348 g/mol. The largest absolute Gasteiger partial charge is 0.444 e. The number of amides is 1. The summed E-state index contributed by atoms with van der Waals surface area (Å²) in [4.78, 5) is 16.1. The molecule has 0 fully saturated rings. The second-order valence-corrected chi connectivity index (χ2v) is 5.65. The Morgan fingerprint density at radius 2 is 2.00 bits per heavy atom. The number of anilines is 1. The van der Waals surface area contributed by atoms with Crippen LogP contribution in [0.25, 0.3) is 10.6 Å². The van der Waals surface area contributed by atoms with Gasteiger partial charge in [-0.05, 0) is 52.3 Å². The third-order valence-corrected chi connectivity index (χ3v) is 3.87. The van der Waals surface area contributed by atoms with Crippen LogP contribution in [0.15, 0.2) is 57.1 Å². The summed E-state index contributed by atoms with van der Waals surface area (Å²) in [6.45, 7) is 0. The summed E-state index contributed by atoms with van der Waals surface area (Å²) >= 11 is 4.74. The molecule has 3 rings (SSSR count). The highest BCUT2D eigenvalue weighted by Gasteiger charge is 2.10. The molecule has 0 bridgehead atoms. The Morgan fingerprint density at radius 1 is 1.20 bits per heavy atom. The Labute approximate surface area is 127 Å². The van der Waals surface area contributed by atoms with Crippen LogP contribution in [0.3, 0.4) is 0 Å². The summed E-state index contributed by atoms with van der Waals surface area (Å²) in [5.74, 6) is -0.0152. The molecule has 2 heterocycles. The predicted molar refractivity (Wildman–Crippen MR) is 81.9 cm³/mol. The summed E-state index contributed by atoms with van der Waals surface area (Å²) in [5.41, 5.74) is 1.74. The van der Waals surface area contributed by atoms with Crippen LogP contribution in [0.2, 0.25) is 0 Å². The lowest BCUT2D eigenvalue weighted by molar-refractivity contribution is 0.0995. The fraction of sp³-hybridized carbons (Fsp3) is 0. The lowest BCUT2D eigenvalue weighted by atomic mass is 10.2. The number of hydrogen-bond acceptors (Lipinski definition) is 4. The van der Waals surface area contributed by atoms with Crippen molar-refractivity contribution in [2.75, 3.05) is 5.32 Å². The average Bonchev–Trinajstić information content (AvgIpc) is 3.10. The SMILES string of the molecule is O=C(Nc1ccc(-c2nccs2)cc1)c1ccc(Br)o1. The molecule has 0 aliphatic carbocycles. The van der Waals surface area contributed by atoms with Gasteiger partial charge in [-0.25, -0.2) is 4.98 Å². The van der Waals surface area contributed by atoms with Gasteiger partial charge in [-0.1, -0.05) is 0 Å². The molecule has 6 heteroatoms. The topological polar surface area (TPSA) is 55.1 Å². The normalized spacial score (nSPS) is 10.4. The molecule has 2 aromatic heterocycles. The molecule has 1 N–H and O–H groups in total. The zero-order valence-corrected chi connectivity index (χ0v) is 12.6. The highest BCUT2D eigenvalue weighted by Crippen LogP contribution is 2.23. The number of nitrogens with one attached hydrogen (secondary N) is 1. The van der Waals surface area contributed by atoms with Crippen LogP contribution in [0.1, 0.15) is 10.6 Å². The number of nitrogens with zero attached hydrogens (tertiary/aromatic N) is 1. The van der Waals surface area contributed by atoms with Gasteiger partial charge < -0.3 is 9.73 Å². The van der Waals surface area contributed by atoms with E-state index in [2.05, 4.69) is 26.2 Å². The Balaban J connectivity index is 1.74. The molecule has 3 aromatic rings. The fourth-order valence-corrected chi connectivity index (χ4v) is 2.64. The molecule has 0 radical (unpaired) electrons. The van der Waals surface area contributed by atoms with E-state index in [1.807, 2.05) is 29.6 Å². The highest BCUT2D eigenvalue weighted by atomic mass is 79.9. The lowest BCUT2D eigenvalue weighted by Crippen LogP contribution is -2.10. The van der Waals surface area contributed by atoms with Crippen molar-refractivity contribution in [1.29, 1.82) is 0 Å². The average molecular weight is 349 g/mol. The van der Waals surface area contributed by atoms with Crippen molar-refractivity contribution < 1.29 is 9.21 Å². The van der Waals surface area contributed by atoms with Crippen LogP contribution in [-0.4, -0.2) is 10.9 Å². The van der Waals surface area contributed by atoms with E-state index in [4.69, 9.17) is 4.42 Å². The highest BCUT2D eigenvalue weighted by molar-refractivity contribution is 9.10. The molecule has 0 unspecified atom stereocenters. The summed E-state index contributed by atoms with van der Waals surface area (Å²) in [6.07, 6.45) is 1.77. The molecular formula is C14H9BrN2O2S.